The van der Waals surface area contributed by atoms with Crippen molar-refractivity contribution in [2.24, 2.45) is 0 Å². The lowest BCUT2D eigenvalue weighted by Gasteiger charge is -2.28. The molecule has 4 heteroatoms. The van der Waals surface area contributed by atoms with Crippen LogP contribution in [0.1, 0.15) is 22.3 Å². The lowest BCUT2D eigenvalue weighted by Crippen LogP contribution is -2.37. The Kier molecular flexibility index (Phi) is 4.13. The molecule has 1 unspecified atom stereocenters. The monoisotopic (exact) mass is 347 g/mol. The second-order valence-corrected chi connectivity index (χ2v) is 6.96. The SMILES string of the molecule is O=C(c1ccc2ccccc2c1O)N1CCC(CO)(c2ccccc2)C1. The average Bonchev–Trinajstić information content (AvgIpc) is 3.15. The quantitative estimate of drug-likeness (QED) is 0.764. The number of hydrogen-bond acceptors (Lipinski definition) is 3. The second-order valence-electron chi connectivity index (χ2n) is 6.96. The Labute approximate surface area is 152 Å². The van der Waals surface area contributed by atoms with Crippen LogP contribution in [-0.4, -0.2) is 40.7 Å². The molecule has 2 N–H and O–H groups in total. The molecule has 0 bridgehead atoms. The molecule has 1 heterocycles. The first-order valence-electron chi connectivity index (χ1n) is 8.81. The zero-order chi connectivity index (χ0) is 18.1. The summed E-state index contributed by atoms with van der Waals surface area (Å²) in [7, 11) is 0. The molecule has 4 nitrogen and oxygen atoms in total. The molecule has 26 heavy (non-hydrogen) atoms. The van der Waals surface area contributed by atoms with Gasteiger partial charge in [0, 0.05) is 23.9 Å². The van der Waals surface area contributed by atoms with E-state index in [1.54, 1.807) is 11.0 Å². The summed E-state index contributed by atoms with van der Waals surface area (Å²) in [4.78, 5) is 14.8. The molecule has 0 radical (unpaired) electrons. The molecule has 1 aliphatic heterocycles. The summed E-state index contributed by atoms with van der Waals surface area (Å²) in [5, 5.41) is 22.2. The zero-order valence-corrected chi connectivity index (χ0v) is 14.4. The Morgan fingerprint density at radius 1 is 1.00 bits per heavy atom. The van der Waals surface area contributed by atoms with E-state index >= 15 is 0 Å². The highest BCUT2D eigenvalue weighted by molar-refractivity contribution is 6.03. The number of aliphatic hydroxyl groups excluding tert-OH is 1. The summed E-state index contributed by atoms with van der Waals surface area (Å²) in [5.74, 6) is -0.172. The number of carbonyl (C=O) groups excluding carboxylic acids is 1. The van der Waals surface area contributed by atoms with Gasteiger partial charge < -0.3 is 15.1 Å². The van der Waals surface area contributed by atoms with Crippen molar-refractivity contribution in [2.45, 2.75) is 11.8 Å². The summed E-state index contributed by atoms with van der Waals surface area (Å²) in [6.45, 7) is 0.990. The van der Waals surface area contributed by atoms with Crippen LogP contribution in [0, 0.1) is 0 Å². The molecule has 0 aliphatic carbocycles. The summed E-state index contributed by atoms with van der Waals surface area (Å²) in [5.41, 5.74) is 0.912. The number of amides is 1. The maximum absolute atomic E-state index is 13.0. The van der Waals surface area contributed by atoms with Crippen LogP contribution in [0.15, 0.2) is 66.7 Å². The Balaban J connectivity index is 1.65. The van der Waals surface area contributed by atoms with E-state index in [9.17, 15) is 15.0 Å². The zero-order valence-electron chi connectivity index (χ0n) is 14.4. The van der Waals surface area contributed by atoms with Gasteiger partial charge in [0.1, 0.15) is 5.75 Å². The highest BCUT2D eigenvalue weighted by atomic mass is 16.3. The van der Waals surface area contributed by atoms with Gasteiger partial charge in [0.05, 0.1) is 12.2 Å². The molecule has 0 spiro atoms. The number of aliphatic hydroxyl groups is 1. The van der Waals surface area contributed by atoms with Gasteiger partial charge in [-0.25, -0.2) is 0 Å². The topological polar surface area (TPSA) is 60.8 Å². The summed E-state index contributed by atoms with van der Waals surface area (Å²) >= 11 is 0. The molecule has 1 fully saturated rings. The van der Waals surface area contributed by atoms with Crippen molar-refractivity contribution in [2.75, 3.05) is 19.7 Å². The van der Waals surface area contributed by atoms with Gasteiger partial charge in [-0.2, -0.15) is 0 Å². The minimum absolute atomic E-state index is 0.00943. The molecule has 3 aromatic rings. The first kappa shape index (κ1) is 16.6. The van der Waals surface area contributed by atoms with Gasteiger partial charge in [-0.05, 0) is 23.4 Å². The number of likely N-dealkylation sites (tertiary alicyclic amines) is 1. The number of fused-ring (bicyclic) bond motifs is 1. The Hall–Kier alpha value is -2.85. The molecule has 132 valence electrons. The van der Waals surface area contributed by atoms with Gasteiger partial charge in [0.15, 0.2) is 0 Å². The summed E-state index contributed by atoms with van der Waals surface area (Å²) in [6, 6.07) is 20.8. The van der Waals surface area contributed by atoms with Crippen LogP contribution in [0.25, 0.3) is 10.8 Å². The van der Waals surface area contributed by atoms with Crippen molar-refractivity contribution in [3.05, 3.63) is 77.9 Å². The minimum atomic E-state index is -0.441. The lowest BCUT2D eigenvalue weighted by atomic mass is 9.80. The van der Waals surface area contributed by atoms with E-state index < -0.39 is 5.41 Å². The van der Waals surface area contributed by atoms with E-state index in [1.165, 1.54) is 0 Å². The molecule has 0 aromatic heterocycles. The summed E-state index contributed by atoms with van der Waals surface area (Å²) < 4.78 is 0. The molecule has 1 aliphatic rings. The van der Waals surface area contributed by atoms with Crippen molar-refractivity contribution < 1.29 is 15.0 Å². The normalized spacial score (nSPS) is 19.8. The number of benzene rings is 3. The van der Waals surface area contributed by atoms with Crippen LogP contribution in [0.5, 0.6) is 5.75 Å². The number of phenols is 1. The molecule has 0 saturated carbocycles. The first-order valence-corrected chi connectivity index (χ1v) is 8.81. The van der Waals surface area contributed by atoms with E-state index in [0.29, 0.717) is 30.5 Å². The van der Waals surface area contributed by atoms with E-state index in [2.05, 4.69) is 0 Å². The van der Waals surface area contributed by atoms with Crippen LogP contribution < -0.4 is 0 Å². The van der Waals surface area contributed by atoms with Gasteiger partial charge in [-0.1, -0.05) is 60.7 Å². The van der Waals surface area contributed by atoms with Gasteiger partial charge in [0.25, 0.3) is 5.91 Å². The summed E-state index contributed by atoms with van der Waals surface area (Å²) in [6.07, 6.45) is 0.702. The number of aromatic hydroxyl groups is 1. The van der Waals surface area contributed by atoms with Crippen LogP contribution in [0.3, 0.4) is 0 Å². The largest absolute Gasteiger partial charge is 0.506 e. The van der Waals surface area contributed by atoms with Gasteiger partial charge in [-0.3, -0.25) is 4.79 Å². The standard InChI is InChI=1S/C22H21NO3/c24-15-22(17-7-2-1-3-8-17)12-13-23(14-22)21(26)19-11-10-16-6-4-5-9-18(16)20(19)25/h1-11,24-25H,12-15H2. The van der Waals surface area contributed by atoms with E-state index in [1.807, 2.05) is 60.7 Å². The number of nitrogens with zero attached hydrogens (tertiary/aromatic N) is 1. The number of phenolic OH excluding ortho intramolecular Hbond substituents is 1. The lowest BCUT2D eigenvalue weighted by molar-refractivity contribution is 0.0771. The Bertz CT molecular complexity index is 954. The van der Waals surface area contributed by atoms with Crippen LogP contribution in [0.2, 0.25) is 0 Å². The number of hydrogen-bond donors (Lipinski definition) is 2. The molecular formula is C22H21NO3. The number of rotatable bonds is 3. The Morgan fingerprint density at radius 2 is 1.73 bits per heavy atom. The highest BCUT2D eigenvalue weighted by Crippen LogP contribution is 2.36. The fourth-order valence-corrected chi connectivity index (χ4v) is 3.89. The van der Waals surface area contributed by atoms with Crippen molar-refractivity contribution in [1.82, 2.24) is 4.90 Å². The van der Waals surface area contributed by atoms with Gasteiger partial charge >= 0.3 is 0 Å². The molecule has 3 aromatic carbocycles. The predicted octanol–water partition coefficient (Wildman–Crippen LogP) is 3.32. The predicted molar refractivity (Wildman–Crippen MR) is 101 cm³/mol. The maximum Gasteiger partial charge on any atom is 0.257 e. The first-order chi connectivity index (χ1) is 12.6. The minimum Gasteiger partial charge on any atom is -0.506 e. The fraction of sp³-hybridized carbons (Fsp3) is 0.227. The van der Waals surface area contributed by atoms with Crippen LogP contribution >= 0.6 is 0 Å². The Morgan fingerprint density at radius 3 is 2.50 bits per heavy atom. The molecular weight excluding hydrogens is 326 g/mol. The molecule has 1 amide bonds. The third kappa shape index (κ3) is 2.63. The van der Waals surface area contributed by atoms with E-state index in [4.69, 9.17) is 0 Å². The third-order valence-corrected chi connectivity index (χ3v) is 5.46. The second kappa shape index (κ2) is 6.46. The van der Waals surface area contributed by atoms with E-state index in [-0.39, 0.29) is 18.3 Å². The maximum atomic E-state index is 13.0. The van der Waals surface area contributed by atoms with Crippen molar-refractivity contribution >= 4 is 16.7 Å². The molecule has 1 saturated heterocycles. The third-order valence-electron chi connectivity index (χ3n) is 5.46. The van der Waals surface area contributed by atoms with Crippen LogP contribution in [-0.2, 0) is 5.41 Å². The molecule has 4 rings (SSSR count). The fourth-order valence-electron chi connectivity index (χ4n) is 3.89. The number of carbonyl (C=O) groups is 1. The van der Waals surface area contributed by atoms with Gasteiger partial charge in [-0.15, -0.1) is 0 Å². The molecule has 1 atom stereocenters. The average molecular weight is 347 g/mol. The van der Waals surface area contributed by atoms with Crippen molar-refractivity contribution in [3.8, 4) is 5.75 Å². The highest BCUT2D eigenvalue weighted by Gasteiger charge is 2.41. The smallest absolute Gasteiger partial charge is 0.257 e. The van der Waals surface area contributed by atoms with Crippen molar-refractivity contribution in [3.63, 3.8) is 0 Å². The van der Waals surface area contributed by atoms with Crippen molar-refractivity contribution in [1.29, 1.82) is 0 Å². The van der Waals surface area contributed by atoms with Gasteiger partial charge in [0.2, 0.25) is 0 Å². The van der Waals surface area contributed by atoms with E-state index in [0.717, 1.165) is 10.9 Å². The van der Waals surface area contributed by atoms with Crippen LogP contribution in [0.4, 0.5) is 0 Å².